The fourth-order valence-electron chi connectivity index (χ4n) is 2.19. The number of nitrogen functional groups attached to an aromatic ring is 1. The lowest BCUT2D eigenvalue weighted by atomic mass is 9.84. The van der Waals surface area contributed by atoms with Crippen molar-refractivity contribution in [3.63, 3.8) is 0 Å². The summed E-state index contributed by atoms with van der Waals surface area (Å²) in [6.07, 6.45) is -8.07. The highest BCUT2D eigenvalue weighted by Gasteiger charge is 2.52. The molecule has 0 amide bonds. The first-order valence-corrected chi connectivity index (χ1v) is 5.88. The van der Waals surface area contributed by atoms with Gasteiger partial charge in [0, 0.05) is 17.7 Å². The standard InChI is InChI=1S/C12H12F5N3O/c13-5-11(7-3-6(18)1-2-8(7)14)4-9(12(15,16)17)21-10(19)20-11/h1-3,9H,4-5,18H2,(H2,19,20)/t9-,11+/m0/s1. The normalized spacial score (nSPS) is 26.1. The number of nitrogens with zero attached hydrogens (tertiary/aromatic N) is 1. The first kappa shape index (κ1) is 15.3. The van der Waals surface area contributed by atoms with Gasteiger partial charge in [-0.1, -0.05) is 0 Å². The van der Waals surface area contributed by atoms with Gasteiger partial charge in [0.25, 0.3) is 6.02 Å². The zero-order valence-corrected chi connectivity index (χ0v) is 10.6. The number of amidine groups is 1. The summed E-state index contributed by atoms with van der Waals surface area (Å²) in [5.41, 5.74) is 8.27. The minimum atomic E-state index is -4.78. The third-order valence-electron chi connectivity index (χ3n) is 3.19. The van der Waals surface area contributed by atoms with Crippen molar-refractivity contribution in [3.8, 4) is 0 Å². The number of benzene rings is 1. The predicted octanol–water partition coefficient (Wildman–Crippen LogP) is 2.24. The number of ether oxygens (including phenoxy) is 1. The molecule has 2 atom stereocenters. The number of hydrogen-bond donors (Lipinski definition) is 2. The molecule has 0 aliphatic carbocycles. The summed E-state index contributed by atoms with van der Waals surface area (Å²) in [5, 5.41) is 0. The zero-order valence-electron chi connectivity index (χ0n) is 10.6. The summed E-state index contributed by atoms with van der Waals surface area (Å²) in [4.78, 5) is 3.57. The van der Waals surface area contributed by atoms with Crippen molar-refractivity contribution < 1.29 is 26.7 Å². The van der Waals surface area contributed by atoms with E-state index in [1.165, 1.54) is 6.07 Å². The topological polar surface area (TPSA) is 73.6 Å². The smallest absolute Gasteiger partial charge is 0.425 e. The van der Waals surface area contributed by atoms with E-state index in [-0.39, 0.29) is 11.3 Å². The Morgan fingerprint density at radius 1 is 1.33 bits per heavy atom. The summed E-state index contributed by atoms with van der Waals surface area (Å²) >= 11 is 0. The molecular weight excluding hydrogens is 297 g/mol. The number of anilines is 1. The molecule has 21 heavy (non-hydrogen) atoms. The van der Waals surface area contributed by atoms with Gasteiger partial charge in [0.1, 0.15) is 18.0 Å². The molecule has 116 valence electrons. The second-order valence-electron chi connectivity index (χ2n) is 4.71. The summed E-state index contributed by atoms with van der Waals surface area (Å²) < 4.78 is 70.2. The molecule has 4 nitrogen and oxygen atoms in total. The van der Waals surface area contributed by atoms with E-state index in [1.54, 1.807) is 0 Å². The highest BCUT2D eigenvalue weighted by molar-refractivity contribution is 5.73. The molecule has 0 aromatic heterocycles. The van der Waals surface area contributed by atoms with Crippen LogP contribution in [-0.2, 0) is 10.3 Å². The van der Waals surface area contributed by atoms with E-state index in [0.29, 0.717) is 0 Å². The highest BCUT2D eigenvalue weighted by Crippen LogP contribution is 2.41. The van der Waals surface area contributed by atoms with E-state index in [0.717, 1.165) is 12.1 Å². The number of rotatable bonds is 2. The van der Waals surface area contributed by atoms with Gasteiger partial charge in [-0.2, -0.15) is 13.2 Å². The summed E-state index contributed by atoms with van der Waals surface area (Å²) in [5.74, 6) is -0.916. The molecule has 1 heterocycles. The number of aliphatic imine (C=N–C) groups is 1. The van der Waals surface area contributed by atoms with Crippen LogP contribution in [0.1, 0.15) is 12.0 Å². The second-order valence-corrected chi connectivity index (χ2v) is 4.71. The third-order valence-corrected chi connectivity index (χ3v) is 3.19. The van der Waals surface area contributed by atoms with Gasteiger partial charge in [-0.05, 0) is 18.2 Å². The fraction of sp³-hybridized carbons (Fsp3) is 0.417. The van der Waals surface area contributed by atoms with E-state index >= 15 is 0 Å². The maximum absolute atomic E-state index is 13.9. The summed E-state index contributed by atoms with van der Waals surface area (Å²) in [7, 11) is 0. The van der Waals surface area contributed by atoms with Crippen LogP contribution in [-0.4, -0.2) is 25.0 Å². The monoisotopic (exact) mass is 309 g/mol. The van der Waals surface area contributed by atoms with Crippen LogP contribution >= 0.6 is 0 Å². The van der Waals surface area contributed by atoms with E-state index < -0.39 is 42.8 Å². The molecule has 1 aromatic carbocycles. The molecule has 0 spiro atoms. The molecule has 4 N–H and O–H groups in total. The van der Waals surface area contributed by atoms with Crippen LogP contribution in [0.5, 0.6) is 0 Å². The Bertz CT molecular complexity index is 575. The van der Waals surface area contributed by atoms with E-state index in [4.69, 9.17) is 11.5 Å². The van der Waals surface area contributed by atoms with E-state index in [2.05, 4.69) is 9.73 Å². The molecule has 0 saturated carbocycles. The molecule has 1 aliphatic rings. The molecule has 0 saturated heterocycles. The lowest BCUT2D eigenvalue weighted by molar-refractivity contribution is -0.209. The minimum absolute atomic E-state index is 0.0723. The quantitative estimate of drug-likeness (QED) is 0.650. The summed E-state index contributed by atoms with van der Waals surface area (Å²) in [6.45, 7) is -1.37. The molecule has 0 radical (unpaired) electrons. The average molecular weight is 309 g/mol. The molecule has 1 aromatic rings. The molecule has 1 aliphatic heterocycles. The molecule has 2 rings (SSSR count). The SMILES string of the molecule is NC1=N[C@](CF)(c2cc(N)ccc2F)C[C@@H](C(F)(F)F)O1. The molecule has 0 bridgehead atoms. The van der Waals surface area contributed by atoms with Gasteiger partial charge in [0.15, 0.2) is 6.10 Å². The molecule has 0 unspecified atom stereocenters. The van der Waals surface area contributed by atoms with Gasteiger partial charge in [0.05, 0.1) is 0 Å². The zero-order chi connectivity index (χ0) is 15.8. The van der Waals surface area contributed by atoms with Crippen molar-refractivity contribution in [2.45, 2.75) is 24.2 Å². The lowest BCUT2D eigenvalue weighted by Crippen LogP contribution is -2.48. The van der Waals surface area contributed by atoms with Crippen molar-refractivity contribution in [2.24, 2.45) is 10.7 Å². The Morgan fingerprint density at radius 2 is 2.00 bits per heavy atom. The first-order valence-electron chi connectivity index (χ1n) is 5.88. The van der Waals surface area contributed by atoms with Gasteiger partial charge < -0.3 is 16.2 Å². The molecule has 0 fully saturated rings. The van der Waals surface area contributed by atoms with Crippen molar-refractivity contribution in [1.82, 2.24) is 0 Å². The van der Waals surface area contributed by atoms with E-state index in [1.807, 2.05) is 0 Å². The van der Waals surface area contributed by atoms with Gasteiger partial charge >= 0.3 is 6.18 Å². The predicted molar refractivity (Wildman–Crippen MR) is 65.6 cm³/mol. The number of hydrogen-bond acceptors (Lipinski definition) is 4. The number of alkyl halides is 4. The Balaban J connectivity index is 2.54. The van der Waals surface area contributed by atoms with Crippen LogP contribution in [0.3, 0.4) is 0 Å². The van der Waals surface area contributed by atoms with Gasteiger partial charge in [-0.3, -0.25) is 0 Å². The fourth-order valence-corrected chi connectivity index (χ4v) is 2.19. The summed E-state index contributed by atoms with van der Waals surface area (Å²) in [6, 6.07) is 2.34. The van der Waals surface area contributed by atoms with Crippen molar-refractivity contribution in [2.75, 3.05) is 12.4 Å². The van der Waals surface area contributed by atoms with Crippen LogP contribution in [0.15, 0.2) is 23.2 Å². The highest BCUT2D eigenvalue weighted by atomic mass is 19.4. The van der Waals surface area contributed by atoms with Crippen molar-refractivity contribution in [1.29, 1.82) is 0 Å². The van der Waals surface area contributed by atoms with Crippen LogP contribution in [0.25, 0.3) is 0 Å². The Labute approximate surface area is 116 Å². The van der Waals surface area contributed by atoms with Crippen molar-refractivity contribution >= 4 is 11.7 Å². The first-order chi connectivity index (χ1) is 9.68. The molecule has 9 heteroatoms. The lowest BCUT2D eigenvalue weighted by Gasteiger charge is -2.36. The molecular formula is C12H12F5N3O. The third kappa shape index (κ3) is 2.86. The number of nitrogens with two attached hydrogens (primary N) is 2. The minimum Gasteiger partial charge on any atom is -0.452 e. The Morgan fingerprint density at radius 3 is 2.57 bits per heavy atom. The van der Waals surface area contributed by atoms with E-state index in [9.17, 15) is 22.0 Å². The van der Waals surface area contributed by atoms with Crippen molar-refractivity contribution in [3.05, 3.63) is 29.6 Å². The van der Waals surface area contributed by atoms with Crippen LogP contribution in [0.4, 0.5) is 27.6 Å². The van der Waals surface area contributed by atoms with Gasteiger partial charge in [-0.25, -0.2) is 13.8 Å². The van der Waals surface area contributed by atoms with Crippen LogP contribution in [0, 0.1) is 5.82 Å². The maximum atomic E-state index is 13.9. The second kappa shape index (κ2) is 5.05. The van der Waals surface area contributed by atoms with Gasteiger partial charge in [0.2, 0.25) is 0 Å². The van der Waals surface area contributed by atoms with Crippen LogP contribution in [0.2, 0.25) is 0 Å². The Hall–Kier alpha value is -2.06. The maximum Gasteiger partial charge on any atom is 0.425 e. The van der Waals surface area contributed by atoms with Gasteiger partial charge in [-0.15, -0.1) is 0 Å². The largest absolute Gasteiger partial charge is 0.452 e. The Kier molecular flexibility index (Phi) is 3.68. The average Bonchev–Trinajstić information content (AvgIpc) is 2.39. The van der Waals surface area contributed by atoms with Crippen LogP contribution < -0.4 is 11.5 Å². The number of halogens is 5.